The number of hydrogen-bond donors (Lipinski definition) is 2. The van der Waals surface area contributed by atoms with Crippen LogP contribution in [0.25, 0.3) is 0 Å². The SMILES string of the molecule is NCCC1CCC2CC1CN2CCO. The quantitative estimate of drug-likeness (QED) is 0.688. The van der Waals surface area contributed by atoms with Gasteiger partial charge in [0.05, 0.1) is 6.61 Å². The van der Waals surface area contributed by atoms with Crippen LogP contribution < -0.4 is 5.73 Å². The van der Waals surface area contributed by atoms with E-state index in [0.717, 1.165) is 31.0 Å². The van der Waals surface area contributed by atoms with Crippen molar-refractivity contribution in [1.29, 1.82) is 0 Å². The highest BCUT2D eigenvalue weighted by Gasteiger charge is 2.39. The van der Waals surface area contributed by atoms with Crippen LogP contribution in [0.1, 0.15) is 25.7 Å². The Bertz CT molecular complexity index is 182. The summed E-state index contributed by atoms with van der Waals surface area (Å²) < 4.78 is 0. The van der Waals surface area contributed by atoms with E-state index < -0.39 is 0 Å². The van der Waals surface area contributed by atoms with Crippen LogP contribution in [0.3, 0.4) is 0 Å². The number of β-amino-alcohol motifs (C(OH)–C–C–N with tert-alkyl or cyclic N) is 1. The Hall–Kier alpha value is -0.120. The van der Waals surface area contributed by atoms with Gasteiger partial charge < -0.3 is 10.8 Å². The van der Waals surface area contributed by atoms with E-state index in [1.54, 1.807) is 0 Å². The number of fused-ring (bicyclic) bond motifs is 2. The third-order valence-corrected chi connectivity index (χ3v) is 4.02. The summed E-state index contributed by atoms with van der Waals surface area (Å²) in [6.07, 6.45) is 5.23. The first-order valence-corrected chi connectivity index (χ1v) is 5.90. The summed E-state index contributed by atoms with van der Waals surface area (Å²) in [5.41, 5.74) is 5.63. The van der Waals surface area contributed by atoms with Crippen molar-refractivity contribution in [3.8, 4) is 0 Å². The van der Waals surface area contributed by atoms with Gasteiger partial charge in [0.15, 0.2) is 0 Å². The topological polar surface area (TPSA) is 49.5 Å². The molecule has 1 heterocycles. The summed E-state index contributed by atoms with van der Waals surface area (Å²) in [5.74, 6) is 1.73. The average Bonchev–Trinajstić information content (AvgIpc) is 2.51. The van der Waals surface area contributed by atoms with Gasteiger partial charge in [0.1, 0.15) is 0 Å². The zero-order valence-electron chi connectivity index (χ0n) is 8.86. The normalized spacial score (nSPS) is 37.7. The summed E-state index contributed by atoms with van der Waals surface area (Å²) in [7, 11) is 0. The van der Waals surface area contributed by atoms with Crippen molar-refractivity contribution in [2.75, 3.05) is 26.2 Å². The Morgan fingerprint density at radius 1 is 1.36 bits per heavy atom. The maximum absolute atomic E-state index is 8.95. The highest BCUT2D eigenvalue weighted by atomic mass is 16.3. The largest absolute Gasteiger partial charge is 0.395 e. The molecular formula is C11H22N2O. The van der Waals surface area contributed by atoms with E-state index in [0.29, 0.717) is 6.61 Å². The van der Waals surface area contributed by atoms with E-state index in [9.17, 15) is 0 Å². The van der Waals surface area contributed by atoms with Crippen molar-refractivity contribution in [2.24, 2.45) is 17.6 Å². The van der Waals surface area contributed by atoms with Crippen LogP contribution in [0.2, 0.25) is 0 Å². The molecule has 3 atom stereocenters. The Kier molecular flexibility index (Phi) is 3.42. The van der Waals surface area contributed by atoms with Crippen LogP contribution >= 0.6 is 0 Å². The van der Waals surface area contributed by atoms with E-state index >= 15 is 0 Å². The monoisotopic (exact) mass is 198 g/mol. The fourth-order valence-electron chi connectivity index (χ4n) is 3.30. The van der Waals surface area contributed by atoms with Crippen molar-refractivity contribution in [1.82, 2.24) is 4.90 Å². The Labute approximate surface area is 86.3 Å². The van der Waals surface area contributed by atoms with Gasteiger partial charge in [-0.25, -0.2) is 0 Å². The molecule has 1 aliphatic heterocycles. The zero-order chi connectivity index (χ0) is 9.97. The lowest BCUT2D eigenvalue weighted by Gasteiger charge is -2.28. The molecule has 1 aliphatic carbocycles. The Morgan fingerprint density at radius 2 is 2.21 bits per heavy atom. The second-order valence-corrected chi connectivity index (χ2v) is 4.78. The summed E-state index contributed by atoms with van der Waals surface area (Å²) in [6.45, 7) is 3.23. The third kappa shape index (κ3) is 1.95. The van der Waals surface area contributed by atoms with Gasteiger partial charge >= 0.3 is 0 Å². The molecule has 3 N–H and O–H groups in total. The minimum Gasteiger partial charge on any atom is -0.395 e. The van der Waals surface area contributed by atoms with Gasteiger partial charge in [0.2, 0.25) is 0 Å². The van der Waals surface area contributed by atoms with Crippen molar-refractivity contribution in [3.05, 3.63) is 0 Å². The molecule has 1 saturated heterocycles. The molecule has 3 unspecified atom stereocenters. The minimum absolute atomic E-state index is 0.310. The number of hydrogen-bond acceptors (Lipinski definition) is 3. The predicted molar refractivity (Wildman–Crippen MR) is 56.9 cm³/mol. The van der Waals surface area contributed by atoms with E-state index in [2.05, 4.69) is 4.90 Å². The number of nitrogens with two attached hydrogens (primary N) is 1. The summed E-state index contributed by atoms with van der Waals surface area (Å²) in [4.78, 5) is 2.47. The fourth-order valence-corrected chi connectivity index (χ4v) is 3.30. The van der Waals surface area contributed by atoms with Crippen molar-refractivity contribution < 1.29 is 5.11 Å². The molecule has 0 radical (unpaired) electrons. The highest BCUT2D eigenvalue weighted by Crippen LogP contribution is 2.40. The fraction of sp³-hybridized carbons (Fsp3) is 1.00. The molecule has 3 heteroatoms. The lowest BCUT2D eigenvalue weighted by atomic mass is 9.78. The second kappa shape index (κ2) is 4.60. The molecule has 1 saturated carbocycles. The first-order chi connectivity index (χ1) is 6.85. The summed E-state index contributed by atoms with van der Waals surface area (Å²) >= 11 is 0. The maximum atomic E-state index is 8.95. The number of rotatable bonds is 4. The van der Waals surface area contributed by atoms with Gasteiger partial charge in [-0.2, -0.15) is 0 Å². The van der Waals surface area contributed by atoms with Crippen LogP contribution in [0.4, 0.5) is 0 Å². The van der Waals surface area contributed by atoms with Gasteiger partial charge in [-0.05, 0) is 44.1 Å². The number of aliphatic hydroxyl groups excluding tert-OH is 1. The number of aliphatic hydroxyl groups is 1. The van der Waals surface area contributed by atoms with Crippen LogP contribution in [-0.2, 0) is 0 Å². The van der Waals surface area contributed by atoms with Crippen LogP contribution in [0.15, 0.2) is 0 Å². The molecule has 3 nitrogen and oxygen atoms in total. The third-order valence-electron chi connectivity index (χ3n) is 4.02. The van der Waals surface area contributed by atoms with Crippen molar-refractivity contribution >= 4 is 0 Å². The predicted octanol–water partition coefficient (Wildman–Crippen LogP) is 0.428. The van der Waals surface area contributed by atoms with Gasteiger partial charge in [-0.3, -0.25) is 4.90 Å². The molecule has 2 aliphatic rings. The molecule has 14 heavy (non-hydrogen) atoms. The van der Waals surface area contributed by atoms with E-state index in [1.807, 2.05) is 0 Å². The van der Waals surface area contributed by atoms with Gasteiger partial charge in [-0.15, -0.1) is 0 Å². The van der Waals surface area contributed by atoms with Crippen molar-refractivity contribution in [3.63, 3.8) is 0 Å². The van der Waals surface area contributed by atoms with E-state index in [1.165, 1.54) is 32.2 Å². The lowest BCUT2D eigenvalue weighted by molar-refractivity contribution is 0.180. The molecule has 2 bridgehead atoms. The number of nitrogens with zero attached hydrogens (tertiary/aromatic N) is 1. The van der Waals surface area contributed by atoms with Crippen LogP contribution in [0.5, 0.6) is 0 Å². The van der Waals surface area contributed by atoms with Gasteiger partial charge in [0, 0.05) is 19.1 Å². The van der Waals surface area contributed by atoms with Crippen LogP contribution in [0, 0.1) is 11.8 Å². The molecule has 2 rings (SSSR count). The van der Waals surface area contributed by atoms with Gasteiger partial charge in [-0.1, -0.05) is 0 Å². The molecule has 0 spiro atoms. The zero-order valence-corrected chi connectivity index (χ0v) is 8.86. The summed E-state index contributed by atoms with van der Waals surface area (Å²) in [5, 5.41) is 8.95. The maximum Gasteiger partial charge on any atom is 0.0558 e. The minimum atomic E-state index is 0.310. The van der Waals surface area contributed by atoms with E-state index in [-0.39, 0.29) is 0 Å². The average molecular weight is 198 g/mol. The Morgan fingerprint density at radius 3 is 2.93 bits per heavy atom. The molecule has 0 aromatic heterocycles. The molecule has 2 fully saturated rings. The molecule has 82 valence electrons. The van der Waals surface area contributed by atoms with Crippen LogP contribution in [-0.4, -0.2) is 42.3 Å². The van der Waals surface area contributed by atoms with E-state index in [4.69, 9.17) is 10.8 Å². The second-order valence-electron chi connectivity index (χ2n) is 4.78. The smallest absolute Gasteiger partial charge is 0.0558 e. The molecule has 0 aromatic rings. The first kappa shape index (κ1) is 10.4. The Balaban J connectivity index is 1.90. The van der Waals surface area contributed by atoms with Crippen molar-refractivity contribution in [2.45, 2.75) is 31.7 Å². The first-order valence-electron chi connectivity index (χ1n) is 5.90. The molecule has 0 aromatic carbocycles. The summed E-state index contributed by atoms with van der Waals surface area (Å²) in [6, 6.07) is 0.765. The lowest BCUT2D eigenvalue weighted by Crippen LogP contribution is -2.31. The highest BCUT2D eigenvalue weighted by molar-refractivity contribution is 4.93. The molecule has 0 amide bonds. The standard InChI is InChI=1S/C11H22N2O/c12-4-3-9-1-2-11-7-10(9)8-13(11)5-6-14/h9-11,14H,1-8,12H2. The number of likely N-dealkylation sites (tertiary alicyclic amines) is 1. The van der Waals surface area contributed by atoms with Gasteiger partial charge in [0.25, 0.3) is 0 Å². The molecular weight excluding hydrogens is 176 g/mol.